The molecule has 16 heavy (non-hydrogen) atoms. The second-order valence-electron chi connectivity index (χ2n) is 4.48. The van der Waals surface area contributed by atoms with Crippen LogP contribution in [0.2, 0.25) is 0 Å². The molecule has 0 rings (SSSR count). The van der Waals surface area contributed by atoms with Gasteiger partial charge in [-0.15, -0.1) is 0 Å². The fourth-order valence-corrected chi connectivity index (χ4v) is 2.11. The number of aliphatic hydroxyl groups is 2. The van der Waals surface area contributed by atoms with E-state index in [-0.39, 0.29) is 25.0 Å². The Kier molecular flexibility index (Phi) is 10.9. The summed E-state index contributed by atoms with van der Waals surface area (Å²) in [7, 11) is 0. The van der Waals surface area contributed by atoms with E-state index in [2.05, 4.69) is 26.0 Å². The predicted octanol–water partition coefficient (Wildman–Crippen LogP) is 3.14. The molecule has 0 aromatic rings. The van der Waals surface area contributed by atoms with Crippen molar-refractivity contribution in [3.05, 3.63) is 12.2 Å². The topological polar surface area (TPSA) is 40.5 Å². The molecule has 0 amide bonds. The molecule has 0 aliphatic carbocycles. The van der Waals surface area contributed by atoms with Gasteiger partial charge in [0, 0.05) is 13.2 Å². The first-order valence-electron chi connectivity index (χ1n) is 6.66. The van der Waals surface area contributed by atoms with E-state index in [1.165, 1.54) is 0 Å². The Bertz CT molecular complexity index is 166. The van der Waals surface area contributed by atoms with Crippen LogP contribution in [-0.2, 0) is 0 Å². The molecule has 0 fully saturated rings. The van der Waals surface area contributed by atoms with Gasteiger partial charge >= 0.3 is 0 Å². The third kappa shape index (κ3) is 7.02. The summed E-state index contributed by atoms with van der Waals surface area (Å²) in [5.41, 5.74) is 0. The predicted molar refractivity (Wildman–Crippen MR) is 69.3 cm³/mol. The Balaban J connectivity index is 3.83. The third-order valence-corrected chi connectivity index (χ3v) is 3.14. The molecular weight excluding hydrogens is 200 g/mol. The summed E-state index contributed by atoms with van der Waals surface area (Å²) >= 11 is 0. The Morgan fingerprint density at radius 3 is 2.06 bits per heavy atom. The Morgan fingerprint density at radius 1 is 0.938 bits per heavy atom. The highest BCUT2D eigenvalue weighted by atomic mass is 16.3. The molecular formula is C14H28O2. The summed E-state index contributed by atoms with van der Waals surface area (Å²) < 4.78 is 0. The van der Waals surface area contributed by atoms with Crippen LogP contribution in [0.1, 0.15) is 52.4 Å². The van der Waals surface area contributed by atoms with Crippen molar-refractivity contribution in [2.75, 3.05) is 13.2 Å². The lowest BCUT2D eigenvalue weighted by Crippen LogP contribution is -2.22. The summed E-state index contributed by atoms with van der Waals surface area (Å²) in [6, 6.07) is 0. The minimum atomic E-state index is 0.211. The van der Waals surface area contributed by atoms with Crippen LogP contribution in [0.15, 0.2) is 12.2 Å². The van der Waals surface area contributed by atoms with Crippen molar-refractivity contribution >= 4 is 0 Å². The molecule has 0 aliphatic heterocycles. The number of unbranched alkanes of at least 4 members (excludes halogenated alkanes) is 1. The van der Waals surface area contributed by atoms with Gasteiger partial charge < -0.3 is 10.2 Å². The van der Waals surface area contributed by atoms with Gasteiger partial charge in [0.25, 0.3) is 0 Å². The molecule has 0 aromatic carbocycles. The number of allylic oxidation sites excluding steroid dienone is 2. The van der Waals surface area contributed by atoms with Gasteiger partial charge in [0.05, 0.1) is 0 Å². The number of hydrogen-bond donors (Lipinski definition) is 2. The Labute approximate surface area is 100 Å². The summed E-state index contributed by atoms with van der Waals surface area (Å²) in [6.07, 6.45) is 10.8. The standard InChI is InChI=1S/C14H28O2/c1-3-5-6-7-8-10-14(12-16)13(11-15)9-4-2/h5-6,13-16H,3-4,7-12H2,1-2H3/b6-5+. The molecule has 2 atom stereocenters. The summed E-state index contributed by atoms with van der Waals surface area (Å²) in [5, 5.41) is 18.6. The van der Waals surface area contributed by atoms with Crippen molar-refractivity contribution in [1.82, 2.24) is 0 Å². The minimum Gasteiger partial charge on any atom is -0.396 e. The van der Waals surface area contributed by atoms with Gasteiger partial charge in [-0.25, -0.2) is 0 Å². The van der Waals surface area contributed by atoms with Gasteiger partial charge in [-0.3, -0.25) is 0 Å². The minimum absolute atomic E-state index is 0.211. The number of aliphatic hydroxyl groups excluding tert-OH is 2. The van der Waals surface area contributed by atoms with Gasteiger partial charge in [0.15, 0.2) is 0 Å². The van der Waals surface area contributed by atoms with E-state index in [4.69, 9.17) is 0 Å². The van der Waals surface area contributed by atoms with Gasteiger partial charge in [0.1, 0.15) is 0 Å². The maximum absolute atomic E-state index is 9.33. The largest absolute Gasteiger partial charge is 0.396 e. The van der Waals surface area contributed by atoms with E-state index >= 15 is 0 Å². The first kappa shape index (κ1) is 15.7. The molecule has 96 valence electrons. The number of hydrogen-bond acceptors (Lipinski definition) is 2. The average Bonchev–Trinajstić information content (AvgIpc) is 2.31. The van der Waals surface area contributed by atoms with Crippen LogP contribution in [0.4, 0.5) is 0 Å². The normalized spacial score (nSPS) is 15.5. The molecule has 0 spiro atoms. The lowest BCUT2D eigenvalue weighted by atomic mass is 9.86. The Morgan fingerprint density at radius 2 is 1.56 bits per heavy atom. The highest BCUT2D eigenvalue weighted by Crippen LogP contribution is 2.22. The van der Waals surface area contributed by atoms with Crippen LogP contribution < -0.4 is 0 Å². The number of rotatable bonds is 10. The van der Waals surface area contributed by atoms with Crippen LogP contribution >= 0.6 is 0 Å². The molecule has 0 bridgehead atoms. The SMILES string of the molecule is CC/C=C/CCCC(CO)C(CO)CCC. The van der Waals surface area contributed by atoms with Crippen molar-refractivity contribution in [3.8, 4) is 0 Å². The molecule has 2 unspecified atom stereocenters. The third-order valence-electron chi connectivity index (χ3n) is 3.14. The van der Waals surface area contributed by atoms with E-state index in [9.17, 15) is 10.2 Å². The van der Waals surface area contributed by atoms with Gasteiger partial charge in [0.2, 0.25) is 0 Å². The second kappa shape index (κ2) is 11.2. The van der Waals surface area contributed by atoms with Gasteiger partial charge in [-0.05, 0) is 43.9 Å². The molecule has 2 N–H and O–H groups in total. The zero-order valence-electron chi connectivity index (χ0n) is 10.9. The zero-order chi connectivity index (χ0) is 12.2. The maximum atomic E-state index is 9.33. The first-order chi connectivity index (χ1) is 7.79. The Hall–Kier alpha value is -0.340. The quantitative estimate of drug-likeness (QED) is 0.445. The molecule has 0 saturated carbocycles. The van der Waals surface area contributed by atoms with Crippen LogP contribution in [0.5, 0.6) is 0 Å². The summed E-state index contributed by atoms with van der Waals surface area (Å²) in [4.78, 5) is 0. The second-order valence-corrected chi connectivity index (χ2v) is 4.48. The molecule has 2 heteroatoms. The lowest BCUT2D eigenvalue weighted by molar-refractivity contribution is 0.106. The first-order valence-corrected chi connectivity index (χ1v) is 6.66. The van der Waals surface area contributed by atoms with Crippen LogP contribution in [0.3, 0.4) is 0 Å². The summed E-state index contributed by atoms with van der Waals surface area (Å²) in [5.74, 6) is 0.560. The maximum Gasteiger partial charge on any atom is 0.0462 e. The van der Waals surface area contributed by atoms with Crippen molar-refractivity contribution < 1.29 is 10.2 Å². The molecule has 0 aliphatic rings. The molecule has 0 aromatic heterocycles. The van der Waals surface area contributed by atoms with Crippen molar-refractivity contribution in [2.24, 2.45) is 11.8 Å². The lowest BCUT2D eigenvalue weighted by Gasteiger charge is -2.23. The van der Waals surface area contributed by atoms with Gasteiger partial charge in [-0.2, -0.15) is 0 Å². The summed E-state index contributed by atoms with van der Waals surface area (Å²) in [6.45, 7) is 4.68. The van der Waals surface area contributed by atoms with Crippen LogP contribution in [-0.4, -0.2) is 23.4 Å². The highest BCUT2D eigenvalue weighted by Gasteiger charge is 2.18. The monoisotopic (exact) mass is 228 g/mol. The average molecular weight is 228 g/mol. The van der Waals surface area contributed by atoms with Crippen molar-refractivity contribution in [3.63, 3.8) is 0 Å². The van der Waals surface area contributed by atoms with Crippen LogP contribution in [0.25, 0.3) is 0 Å². The van der Waals surface area contributed by atoms with E-state index in [0.717, 1.165) is 38.5 Å². The smallest absolute Gasteiger partial charge is 0.0462 e. The highest BCUT2D eigenvalue weighted by molar-refractivity contribution is 4.80. The van der Waals surface area contributed by atoms with Crippen molar-refractivity contribution in [2.45, 2.75) is 52.4 Å². The molecule has 0 radical (unpaired) electrons. The molecule has 0 saturated heterocycles. The fourth-order valence-electron chi connectivity index (χ4n) is 2.11. The molecule has 2 nitrogen and oxygen atoms in total. The van der Waals surface area contributed by atoms with E-state index in [1.807, 2.05) is 0 Å². The van der Waals surface area contributed by atoms with Gasteiger partial charge in [-0.1, -0.05) is 32.4 Å². The fraction of sp³-hybridized carbons (Fsp3) is 0.857. The van der Waals surface area contributed by atoms with E-state index in [1.54, 1.807) is 0 Å². The van der Waals surface area contributed by atoms with Crippen molar-refractivity contribution in [1.29, 1.82) is 0 Å². The molecule has 0 heterocycles. The van der Waals surface area contributed by atoms with Crippen LogP contribution in [0, 0.1) is 11.8 Å². The zero-order valence-corrected chi connectivity index (χ0v) is 10.9. The van der Waals surface area contributed by atoms with E-state index < -0.39 is 0 Å². The van der Waals surface area contributed by atoms with E-state index in [0.29, 0.717) is 0 Å².